The van der Waals surface area contributed by atoms with E-state index in [0.717, 1.165) is 43.4 Å². The fourth-order valence-electron chi connectivity index (χ4n) is 3.15. The molecule has 0 atom stereocenters. The second kappa shape index (κ2) is 7.13. The maximum atomic E-state index is 12.7. The molecule has 0 aliphatic heterocycles. The molecule has 0 bridgehead atoms. The van der Waals surface area contributed by atoms with E-state index in [2.05, 4.69) is 5.16 Å². The molecule has 0 radical (unpaired) electrons. The summed E-state index contributed by atoms with van der Waals surface area (Å²) in [5, 5.41) is 4.00. The number of hydrogen-bond donors (Lipinski definition) is 0. The Morgan fingerprint density at radius 3 is 2.80 bits per heavy atom. The fourth-order valence-corrected chi connectivity index (χ4v) is 3.15. The van der Waals surface area contributed by atoms with Gasteiger partial charge in [0.1, 0.15) is 22.8 Å². The Bertz CT molecular complexity index is 789. The molecule has 0 saturated carbocycles. The van der Waals surface area contributed by atoms with Gasteiger partial charge in [0.05, 0.1) is 13.7 Å². The van der Waals surface area contributed by atoms with Crippen LogP contribution in [0.5, 0.6) is 0 Å². The molecular weight excluding hydrogens is 324 g/mol. The Balaban J connectivity index is 1.76. The van der Waals surface area contributed by atoms with Crippen molar-refractivity contribution in [3.8, 4) is 0 Å². The maximum Gasteiger partial charge on any atom is 0.341 e. The van der Waals surface area contributed by atoms with Crippen molar-refractivity contribution in [1.82, 2.24) is 10.1 Å². The first-order chi connectivity index (χ1) is 12.0. The molecule has 25 heavy (non-hydrogen) atoms. The molecule has 0 spiro atoms. The van der Waals surface area contributed by atoms with Crippen molar-refractivity contribution in [2.75, 3.05) is 14.2 Å². The molecule has 1 amide bonds. The maximum absolute atomic E-state index is 12.7. The van der Waals surface area contributed by atoms with Gasteiger partial charge in [0, 0.05) is 19.0 Å². The lowest BCUT2D eigenvalue weighted by Gasteiger charge is -2.14. The molecule has 134 valence electrons. The van der Waals surface area contributed by atoms with Crippen LogP contribution in [-0.4, -0.2) is 36.1 Å². The summed E-state index contributed by atoms with van der Waals surface area (Å²) >= 11 is 0. The third kappa shape index (κ3) is 3.45. The number of methoxy groups -OCH3 is 1. The van der Waals surface area contributed by atoms with Gasteiger partial charge in [-0.2, -0.15) is 0 Å². The summed E-state index contributed by atoms with van der Waals surface area (Å²) in [6.07, 6.45) is 4.89. The predicted molar refractivity (Wildman–Crippen MR) is 88.3 cm³/mol. The predicted octanol–water partition coefficient (Wildman–Crippen LogP) is 2.90. The van der Waals surface area contributed by atoms with Crippen LogP contribution in [0, 0.1) is 6.92 Å². The minimum absolute atomic E-state index is 0.208. The van der Waals surface area contributed by atoms with Gasteiger partial charge < -0.3 is 18.6 Å². The number of aromatic nitrogens is 1. The van der Waals surface area contributed by atoms with E-state index >= 15 is 0 Å². The molecule has 0 aromatic carbocycles. The SMILES string of the molecule is COC(=O)c1cc(CN(C)C(=O)c2noc3c2CCCCC3)oc1C. The smallest absolute Gasteiger partial charge is 0.341 e. The van der Waals surface area contributed by atoms with Crippen molar-refractivity contribution in [1.29, 1.82) is 0 Å². The molecule has 0 saturated heterocycles. The number of esters is 1. The van der Waals surface area contributed by atoms with Gasteiger partial charge in [-0.15, -0.1) is 0 Å². The average molecular weight is 346 g/mol. The van der Waals surface area contributed by atoms with Crippen molar-refractivity contribution in [3.63, 3.8) is 0 Å². The number of fused-ring (bicyclic) bond motifs is 1. The Kier molecular flexibility index (Phi) is 4.92. The molecule has 0 N–H and O–H groups in total. The first-order valence-corrected chi connectivity index (χ1v) is 8.41. The van der Waals surface area contributed by atoms with Crippen LogP contribution >= 0.6 is 0 Å². The summed E-state index contributed by atoms with van der Waals surface area (Å²) < 4.78 is 15.7. The average Bonchev–Trinajstić information content (AvgIpc) is 3.08. The minimum atomic E-state index is -0.455. The summed E-state index contributed by atoms with van der Waals surface area (Å²) in [7, 11) is 3.00. The summed E-state index contributed by atoms with van der Waals surface area (Å²) in [6, 6.07) is 1.61. The van der Waals surface area contributed by atoms with E-state index in [4.69, 9.17) is 13.7 Å². The molecule has 3 rings (SSSR count). The van der Waals surface area contributed by atoms with Gasteiger partial charge in [-0.1, -0.05) is 11.6 Å². The van der Waals surface area contributed by atoms with Gasteiger partial charge in [-0.25, -0.2) is 4.79 Å². The van der Waals surface area contributed by atoms with Gasteiger partial charge in [0.2, 0.25) is 0 Å². The highest BCUT2D eigenvalue weighted by atomic mass is 16.5. The summed E-state index contributed by atoms with van der Waals surface area (Å²) in [4.78, 5) is 25.9. The second-order valence-electron chi connectivity index (χ2n) is 6.33. The quantitative estimate of drug-likeness (QED) is 0.625. The third-order valence-corrected chi connectivity index (χ3v) is 4.52. The van der Waals surface area contributed by atoms with E-state index in [1.807, 2.05) is 0 Å². The van der Waals surface area contributed by atoms with E-state index in [0.29, 0.717) is 22.8 Å². The minimum Gasteiger partial charge on any atom is -0.465 e. The highest BCUT2D eigenvalue weighted by molar-refractivity contribution is 5.94. The first kappa shape index (κ1) is 17.3. The molecule has 0 unspecified atom stereocenters. The lowest BCUT2D eigenvalue weighted by Crippen LogP contribution is -2.27. The molecule has 7 heteroatoms. The lowest BCUT2D eigenvalue weighted by molar-refractivity contribution is 0.0598. The van der Waals surface area contributed by atoms with Crippen molar-refractivity contribution < 1.29 is 23.3 Å². The van der Waals surface area contributed by atoms with Gasteiger partial charge in [0.15, 0.2) is 5.69 Å². The standard InChI is InChI=1S/C18H22N2O5/c1-11-14(18(22)23-3)9-12(24-11)10-20(2)17(21)16-13-7-5-4-6-8-15(13)25-19-16/h9H,4-8,10H2,1-3H3. The molecule has 1 aliphatic carbocycles. The van der Waals surface area contributed by atoms with Gasteiger partial charge >= 0.3 is 5.97 Å². The number of ether oxygens (including phenoxy) is 1. The van der Waals surface area contributed by atoms with Crippen LogP contribution in [0.2, 0.25) is 0 Å². The van der Waals surface area contributed by atoms with Gasteiger partial charge in [-0.05, 0) is 32.3 Å². The second-order valence-corrected chi connectivity index (χ2v) is 6.33. The lowest BCUT2D eigenvalue weighted by atomic mass is 10.1. The van der Waals surface area contributed by atoms with Crippen molar-refractivity contribution >= 4 is 11.9 Å². The number of rotatable bonds is 4. The van der Waals surface area contributed by atoms with Gasteiger partial charge in [0.25, 0.3) is 5.91 Å². The van der Waals surface area contributed by atoms with Crippen LogP contribution in [-0.2, 0) is 24.1 Å². The highest BCUT2D eigenvalue weighted by Gasteiger charge is 2.26. The van der Waals surface area contributed by atoms with Crippen molar-refractivity contribution in [2.24, 2.45) is 0 Å². The summed E-state index contributed by atoms with van der Waals surface area (Å²) in [5.41, 5.74) is 1.68. The van der Waals surface area contributed by atoms with Crippen LogP contribution in [0.15, 0.2) is 15.0 Å². The van der Waals surface area contributed by atoms with E-state index in [9.17, 15) is 9.59 Å². The van der Waals surface area contributed by atoms with Crippen LogP contribution in [0.1, 0.15) is 63.0 Å². The molecule has 1 aliphatic rings. The fraction of sp³-hybridized carbons (Fsp3) is 0.500. The summed E-state index contributed by atoms with van der Waals surface area (Å²) in [5.74, 6) is 1.15. The topological polar surface area (TPSA) is 85.8 Å². The Labute approximate surface area is 145 Å². The molecule has 2 aromatic rings. The number of amides is 1. The van der Waals surface area contributed by atoms with E-state index in [-0.39, 0.29) is 12.5 Å². The number of aryl methyl sites for hydroxylation is 2. The van der Waals surface area contributed by atoms with Crippen LogP contribution in [0.25, 0.3) is 0 Å². The molecule has 2 aromatic heterocycles. The van der Waals surface area contributed by atoms with E-state index in [1.165, 1.54) is 12.0 Å². The van der Waals surface area contributed by atoms with Crippen LogP contribution in [0.4, 0.5) is 0 Å². The third-order valence-electron chi connectivity index (χ3n) is 4.52. The monoisotopic (exact) mass is 346 g/mol. The number of furan rings is 1. The van der Waals surface area contributed by atoms with E-state index in [1.54, 1.807) is 20.0 Å². The van der Waals surface area contributed by atoms with Crippen LogP contribution in [0.3, 0.4) is 0 Å². The molecular formula is C18H22N2O5. The molecule has 0 fully saturated rings. The molecule has 2 heterocycles. The van der Waals surface area contributed by atoms with Gasteiger partial charge in [-0.3, -0.25) is 4.79 Å². The number of hydrogen-bond acceptors (Lipinski definition) is 6. The number of carbonyl (C=O) groups excluding carboxylic acids is 2. The summed E-state index contributed by atoms with van der Waals surface area (Å²) in [6.45, 7) is 1.92. The molecule has 7 nitrogen and oxygen atoms in total. The zero-order valence-electron chi connectivity index (χ0n) is 14.8. The van der Waals surface area contributed by atoms with Crippen molar-refractivity contribution in [2.45, 2.75) is 45.6 Å². The highest BCUT2D eigenvalue weighted by Crippen LogP contribution is 2.25. The normalized spacial score (nSPS) is 13.9. The van der Waals surface area contributed by atoms with Crippen molar-refractivity contribution in [3.05, 3.63) is 40.2 Å². The Morgan fingerprint density at radius 2 is 2.04 bits per heavy atom. The zero-order chi connectivity index (χ0) is 18.0. The Hall–Kier alpha value is -2.57. The van der Waals surface area contributed by atoms with Crippen LogP contribution < -0.4 is 0 Å². The van der Waals surface area contributed by atoms with E-state index < -0.39 is 5.97 Å². The largest absolute Gasteiger partial charge is 0.465 e. The Morgan fingerprint density at radius 1 is 1.28 bits per heavy atom. The first-order valence-electron chi connectivity index (χ1n) is 8.41. The number of carbonyl (C=O) groups is 2. The zero-order valence-corrected chi connectivity index (χ0v) is 14.8. The number of nitrogens with zero attached hydrogens (tertiary/aromatic N) is 2.